The standard InChI is InChI=1S/C17H16FN3/c1-12(15-7-2-3-8-16(15)18)20-14-6-4-5-13(11-14)17-9-10-19-21-17/h2-12,20H,1H3,(H,19,21). The van der Waals surface area contributed by atoms with Gasteiger partial charge in [0.2, 0.25) is 0 Å². The molecule has 1 atom stereocenters. The summed E-state index contributed by atoms with van der Waals surface area (Å²) in [7, 11) is 0. The third kappa shape index (κ3) is 2.94. The van der Waals surface area contributed by atoms with Crippen molar-refractivity contribution >= 4 is 5.69 Å². The van der Waals surface area contributed by atoms with Crippen molar-refractivity contribution in [2.75, 3.05) is 5.32 Å². The minimum absolute atomic E-state index is 0.108. The number of nitrogens with one attached hydrogen (secondary N) is 2. The summed E-state index contributed by atoms with van der Waals surface area (Å²) in [5.41, 5.74) is 3.60. The van der Waals surface area contributed by atoms with Crippen LogP contribution in [0, 0.1) is 5.82 Å². The fourth-order valence-corrected chi connectivity index (χ4v) is 2.35. The van der Waals surface area contributed by atoms with Crippen LogP contribution in [0.15, 0.2) is 60.8 Å². The molecule has 0 saturated heterocycles. The van der Waals surface area contributed by atoms with Crippen molar-refractivity contribution in [2.24, 2.45) is 0 Å². The first-order valence-electron chi connectivity index (χ1n) is 6.85. The van der Waals surface area contributed by atoms with Crippen LogP contribution in [0.3, 0.4) is 0 Å². The van der Waals surface area contributed by atoms with E-state index < -0.39 is 0 Å². The maximum Gasteiger partial charge on any atom is 0.128 e. The number of rotatable bonds is 4. The number of nitrogens with zero attached hydrogens (tertiary/aromatic N) is 1. The van der Waals surface area contributed by atoms with Crippen molar-refractivity contribution in [1.82, 2.24) is 10.2 Å². The fraction of sp³-hybridized carbons (Fsp3) is 0.118. The number of hydrogen-bond donors (Lipinski definition) is 2. The molecule has 106 valence electrons. The Morgan fingerprint density at radius 3 is 2.71 bits per heavy atom. The highest BCUT2D eigenvalue weighted by molar-refractivity contribution is 5.64. The van der Waals surface area contributed by atoms with Crippen molar-refractivity contribution < 1.29 is 4.39 Å². The normalized spacial score (nSPS) is 12.1. The van der Waals surface area contributed by atoms with E-state index in [4.69, 9.17) is 0 Å². The molecule has 0 aliphatic heterocycles. The van der Waals surface area contributed by atoms with Crippen molar-refractivity contribution in [2.45, 2.75) is 13.0 Å². The number of aromatic amines is 1. The van der Waals surface area contributed by atoms with Crippen LogP contribution in [0.2, 0.25) is 0 Å². The Kier molecular flexibility index (Phi) is 3.69. The maximum atomic E-state index is 13.8. The molecule has 0 bridgehead atoms. The summed E-state index contributed by atoms with van der Waals surface area (Å²) in [6.45, 7) is 1.95. The average molecular weight is 281 g/mol. The van der Waals surface area contributed by atoms with Crippen LogP contribution in [0.1, 0.15) is 18.5 Å². The number of H-pyrrole nitrogens is 1. The summed E-state index contributed by atoms with van der Waals surface area (Å²) in [5, 5.41) is 10.2. The van der Waals surface area contributed by atoms with Gasteiger partial charge < -0.3 is 5.32 Å². The van der Waals surface area contributed by atoms with Gasteiger partial charge in [0.1, 0.15) is 5.82 Å². The summed E-state index contributed by atoms with van der Waals surface area (Å²) < 4.78 is 13.8. The zero-order chi connectivity index (χ0) is 14.7. The highest BCUT2D eigenvalue weighted by Gasteiger charge is 2.10. The Balaban J connectivity index is 1.82. The second kappa shape index (κ2) is 5.79. The van der Waals surface area contributed by atoms with Crippen LogP contribution in [0.25, 0.3) is 11.3 Å². The molecule has 0 aliphatic rings. The average Bonchev–Trinajstić information content (AvgIpc) is 3.02. The van der Waals surface area contributed by atoms with E-state index in [2.05, 4.69) is 15.5 Å². The van der Waals surface area contributed by atoms with E-state index in [1.807, 2.05) is 43.3 Å². The van der Waals surface area contributed by atoms with Crippen LogP contribution < -0.4 is 5.32 Å². The lowest BCUT2D eigenvalue weighted by Crippen LogP contribution is -2.08. The van der Waals surface area contributed by atoms with E-state index in [0.29, 0.717) is 5.56 Å². The Bertz CT molecular complexity index is 722. The van der Waals surface area contributed by atoms with Gasteiger partial charge in [-0.15, -0.1) is 0 Å². The molecule has 0 aliphatic carbocycles. The first kappa shape index (κ1) is 13.4. The molecule has 0 saturated carbocycles. The Labute approximate surface area is 122 Å². The number of aromatic nitrogens is 2. The van der Waals surface area contributed by atoms with Gasteiger partial charge >= 0.3 is 0 Å². The number of halogens is 1. The van der Waals surface area contributed by atoms with Crippen LogP contribution >= 0.6 is 0 Å². The van der Waals surface area contributed by atoms with E-state index in [1.165, 1.54) is 6.07 Å². The zero-order valence-electron chi connectivity index (χ0n) is 11.7. The molecule has 3 rings (SSSR count). The highest BCUT2D eigenvalue weighted by Crippen LogP contribution is 2.25. The van der Waals surface area contributed by atoms with Crippen molar-refractivity contribution in [1.29, 1.82) is 0 Å². The van der Waals surface area contributed by atoms with E-state index in [-0.39, 0.29) is 11.9 Å². The van der Waals surface area contributed by atoms with Gasteiger partial charge in [0.25, 0.3) is 0 Å². The highest BCUT2D eigenvalue weighted by atomic mass is 19.1. The largest absolute Gasteiger partial charge is 0.378 e. The lowest BCUT2D eigenvalue weighted by atomic mass is 10.1. The summed E-state index contributed by atoms with van der Waals surface area (Å²) in [6, 6.07) is 16.6. The molecule has 2 aromatic carbocycles. The minimum atomic E-state index is -0.192. The van der Waals surface area contributed by atoms with Crippen LogP contribution in [0.4, 0.5) is 10.1 Å². The zero-order valence-corrected chi connectivity index (χ0v) is 11.7. The molecule has 3 aromatic rings. The Morgan fingerprint density at radius 1 is 1.10 bits per heavy atom. The molecule has 3 nitrogen and oxygen atoms in total. The second-order valence-corrected chi connectivity index (χ2v) is 4.94. The van der Waals surface area contributed by atoms with Gasteiger partial charge in [-0.25, -0.2) is 4.39 Å². The molecule has 1 aromatic heterocycles. The summed E-state index contributed by atoms with van der Waals surface area (Å²) >= 11 is 0. The molecule has 21 heavy (non-hydrogen) atoms. The SMILES string of the molecule is CC(Nc1cccc(-c2ccn[nH]2)c1)c1ccccc1F. The third-order valence-electron chi connectivity index (χ3n) is 3.43. The molecule has 1 heterocycles. The van der Waals surface area contributed by atoms with Crippen LogP contribution in [-0.2, 0) is 0 Å². The van der Waals surface area contributed by atoms with Gasteiger partial charge in [-0.3, -0.25) is 5.10 Å². The summed E-state index contributed by atoms with van der Waals surface area (Å²) in [6.07, 6.45) is 1.72. The lowest BCUT2D eigenvalue weighted by molar-refractivity contribution is 0.600. The second-order valence-electron chi connectivity index (χ2n) is 4.94. The van der Waals surface area contributed by atoms with Gasteiger partial charge in [-0.1, -0.05) is 30.3 Å². The van der Waals surface area contributed by atoms with E-state index in [1.54, 1.807) is 18.3 Å². The van der Waals surface area contributed by atoms with E-state index in [0.717, 1.165) is 16.9 Å². The topological polar surface area (TPSA) is 40.7 Å². The van der Waals surface area contributed by atoms with Crippen molar-refractivity contribution in [3.63, 3.8) is 0 Å². The quantitative estimate of drug-likeness (QED) is 0.744. The van der Waals surface area contributed by atoms with Gasteiger partial charge in [0.15, 0.2) is 0 Å². The van der Waals surface area contributed by atoms with E-state index >= 15 is 0 Å². The smallest absolute Gasteiger partial charge is 0.128 e. The van der Waals surface area contributed by atoms with Crippen molar-refractivity contribution in [3.05, 3.63) is 72.2 Å². The minimum Gasteiger partial charge on any atom is -0.378 e. The third-order valence-corrected chi connectivity index (χ3v) is 3.43. The molecular weight excluding hydrogens is 265 g/mol. The van der Waals surface area contributed by atoms with E-state index in [9.17, 15) is 4.39 Å². The predicted molar refractivity (Wildman–Crippen MR) is 82.5 cm³/mol. The molecular formula is C17H16FN3. The van der Waals surface area contributed by atoms with Gasteiger partial charge in [0.05, 0.1) is 11.7 Å². The van der Waals surface area contributed by atoms with Gasteiger partial charge in [-0.05, 0) is 31.2 Å². The number of anilines is 1. The number of benzene rings is 2. The molecule has 0 amide bonds. The molecule has 0 spiro atoms. The monoisotopic (exact) mass is 281 g/mol. The lowest BCUT2D eigenvalue weighted by Gasteiger charge is -2.17. The molecule has 1 unspecified atom stereocenters. The van der Waals surface area contributed by atoms with Crippen LogP contribution in [-0.4, -0.2) is 10.2 Å². The fourth-order valence-electron chi connectivity index (χ4n) is 2.35. The Morgan fingerprint density at radius 2 is 1.95 bits per heavy atom. The first-order valence-corrected chi connectivity index (χ1v) is 6.85. The predicted octanol–water partition coefficient (Wildman–Crippen LogP) is 4.39. The summed E-state index contributed by atoms with van der Waals surface area (Å²) in [4.78, 5) is 0. The van der Waals surface area contributed by atoms with Crippen LogP contribution in [0.5, 0.6) is 0 Å². The van der Waals surface area contributed by atoms with Crippen molar-refractivity contribution in [3.8, 4) is 11.3 Å². The first-order chi connectivity index (χ1) is 10.2. The maximum absolute atomic E-state index is 13.8. The molecule has 0 radical (unpaired) electrons. The molecule has 4 heteroatoms. The summed E-state index contributed by atoms with van der Waals surface area (Å²) in [5.74, 6) is -0.192. The molecule has 0 fully saturated rings. The molecule has 2 N–H and O–H groups in total. The van der Waals surface area contributed by atoms with Gasteiger partial charge in [0, 0.05) is 23.0 Å². The van der Waals surface area contributed by atoms with Gasteiger partial charge in [-0.2, -0.15) is 5.10 Å². The number of hydrogen-bond acceptors (Lipinski definition) is 2. The Hall–Kier alpha value is -2.62.